The highest BCUT2D eigenvalue weighted by Gasteiger charge is 2.20. The van der Waals surface area contributed by atoms with Crippen LogP contribution in [0.5, 0.6) is 0 Å². The maximum atomic E-state index is 4.71. The second-order valence-electron chi connectivity index (χ2n) is 5.50. The number of aromatic nitrogens is 3. The van der Waals surface area contributed by atoms with Gasteiger partial charge in [-0.1, -0.05) is 6.92 Å². The molecule has 2 heterocycles. The Morgan fingerprint density at radius 1 is 1.21 bits per heavy atom. The van der Waals surface area contributed by atoms with Gasteiger partial charge in [0.15, 0.2) is 5.82 Å². The largest absolute Gasteiger partial charge is 0.378 e. The first-order valence-electron chi connectivity index (χ1n) is 6.87. The highest BCUT2D eigenvalue weighted by molar-refractivity contribution is 5.60. The molecule has 2 aromatic rings. The molecule has 1 aliphatic rings. The average molecular weight is 256 g/mol. The molecule has 4 nitrogen and oxygen atoms in total. The molecule has 0 saturated heterocycles. The normalized spacial score (nSPS) is 18.2. The van der Waals surface area contributed by atoms with Crippen molar-refractivity contribution in [2.75, 3.05) is 19.0 Å². The lowest BCUT2D eigenvalue weighted by Gasteiger charge is -2.17. The Balaban J connectivity index is 1.94. The molecule has 0 spiro atoms. The molecule has 100 valence electrons. The predicted molar refractivity (Wildman–Crippen MR) is 77.4 cm³/mol. The molecule has 19 heavy (non-hydrogen) atoms. The van der Waals surface area contributed by atoms with E-state index in [9.17, 15) is 0 Å². The summed E-state index contributed by atoms with van der Waals surface area (Å²) >= 11 is 0. The van der Waals surface area contributed by atoms with Crippen LogP contribution in [0.1, 0.15) is 31.5 Å². The number of fused-ring (bicyclic) bond motifs is 1. The van der Waals surface area contributed by atoms with Crippen molar-refractivity contribution in [1.82, 2.24) is 14.8 Å². The van der Waals surface area contributed by atoms with Crippen LogP contribution in [0.25, 0.3) is 11.4 Å². The molecular formula is C15H20N4. The molecule has 3 rings (SSSR count). The number of benzene rings is 1. The maximum Gasteiger partial charge on any atom is 0.181 e. The number of aryl methyl sites for hydroxylation is 1. The van der Waals surface area contributed by atoms with Crippen molar-refractivity contribution in [1.29, 1.82) is 0 Å². The summed E-state index contributed by atoms with van der Waals surface area (Å²) in [5, 5.41) is 4.64. The third kappa shape index (κ3) is 2.23. The van der Waals surface area contributed by atoms with E-state index in [4.69, 9.17) is 4.98 Å². The molecule has 1 aromatic heterocycles. The van der Waals surface area contributed by atoms with E-state index in [-0.39, 0.29) is 0 Å². The Labute approximate surface area is 114 Å². The van der Waals surface area contributed by atoms with Crippen LogP contribution < -0.4 is 4.90 Å². The highest BCUT2D eigenvalue weighted by atomic mass is 15.4. The van der Waals surface area contributed by atoms with Crippen molar-refractivity contribution in [3.63, 3.8) is 0 Å². The zero-order chi connectivity index (χ0) is 13.4. The van der Waals surface area contributed by atoms with Gasteiger partial charge in [-0.2, -0.15) is 5.10 Å². The third-order valence-corrected chi connectivity index (χ3v) is 3.79. The van der Waals surface area contributed by atoms with Crippen molar-refractivity contribution < 1.29 is 0 Å². The lowest BCUT2D eigenvalue weighted by Crippen LogP contribution is -2.14. The number of hydrogen-bond acceptors (Lipinski definition) is 3. The summed E-state index contributed by atoms with van der Waals surface area (Å²) < 4.78 is 2.07. The minimum atomic E-state index is 0.524. The van der Waals surface area contributed by atoms with Crippen LogP contribution >= 0.6 is 0 Å². The molecule has 4 heteroatoms. The van der Waals surface area contributed by atoms with E-state index in [0.29, 0.717) is 5.92 Å². The second kappa shape index (κ2) is 4.68. The van der Waals surface area contributed by atoms with Crippen LogP contribution in [-0.4, -0.2) is 28.9 Å². The molecule has 1 atom stereocenters. The van der Waals surface area contributed by atoms with Gasteiger partial charge in [0.25, 0.3) is 0 Å². The van der Waals surface area contributed by atoms with Crippen LogP contribution in [0, 0.1) is 0 Å². The van der Waals surface area contributed by atoms with Gasteiger partial charge in [0.1, 0.15) is 5.82 Å². The lowest BCUT2D eigenvalue weighted by atomic mass is 10.0. The molecule has 0 saturated carbocycles. The van der Waals surface area contributed by atoms with Gasteiger partial charge >= 0.3 is 0 Å². The van der Waals surface area contributed by atoms with E-state index in [1.807, 2.05) is 14.1 Å². The Hall–Kier alpha value is -1.84. The summed E-state index contributed by atoms with van der Waals surface area (Å²) in [7, 11) is 4.09. The SMILES string of the molecule is CC1CCCn2nc(-c3ccc(N(C)C)cc3)nc21. The fourth-order valence-corrected chi connectivity index (χ4v) is 2.59. The highest BCUT2D eigenvalue weighted by Crippen LogP contribution is 2.27. The molecule has 1 aliphatic heterocycles. The predicted octanol–water partition coefficient (Wildman–Crippen LogP) is 2.91. The van der Waals surface area contributed by atoms with E-state index >= 15 is 0 Å². The van der Waals surface area contributed by atoms with Crippen molar-refractivity contribution in [2.45, 2.75) is 32.2 Å². The van der Waals surface area contributed by atoms with Gasteiger partial charge in [-0.25, -0.2) is 9.67 Å². The topological polar surface area (TPSA) is 34.0 Å². The van der Waals surface area contributed by atoms with Crippen LogP contribution in [-0.2, 0) is 6.54 Å². The summed E-state index contributed by atoms with van der Waals surface area (Å²) in [6.45, 7) is 3.24. The molecule has 0 fully saturated rings. The molecule has 1 unspecified atom stereocenters. The van der Waals surface area contributed by atoms with Gasteiger partial charge in [0.05, 0.1) is 0 Å². The fourth-order valence-electron chi connectivity index (χ4n) is 2.59. The van der Waals surface area contributed by atoms with Crippen molar-refractivity contribution in [2.24, 2.45) is 0 Å². The molecule has 0 N–H and O–H groups in total. The quantitative estimate of drug-likeness (QED) is 0.828. The van der Waals surface area contributed by atoms with Crippen LogP contribution in [0.15, 0.2) is 24.3 Å². The van der Waals surface area contributed by atoms with E-state index in [1.54, 1.807) is 0 Å². The van der Waals surface area contributed by atoms with Crippen molar-refractivity contribution >= 4 is 5.69 Å². The standard InChI is InChI=1S/C15H20N4/c1-11-5-4-10-19-15(11)16-14(17-19)12-6-8-13(9-7-12)18(2)3/h6-9,11H,4-5,10H2,1-3H3. The Bertz CT molecular complexity index is 568. The van der Waals surface area contributed by atoms with E-state index in [2.05, 4.69) is 45.9 Å². The molecule has 0 bridgehead atoms. The Morgan fingerprint density at radius 3 is 2.58 bits per heavy atom. The first-order chi connectivity index (χ1) is 9.15. The maximum absolute atomic E-state index is 4.71. The summed E-state index contributed by atoms with van der Waals surface area (Å²) in [6, 6.07) is 8.42. The monoisotopic (exact) mass is 256 g/mol. The number of hydrogen-bond donors (Lipinski definition) is 0. The Morgan fingerprint density at radius 2 is 1.95 bits per heavy atom. The summed E-state index contributed by atoms with van der Waals surface area (Å²) in [5.41, 5.74) is 2.29. The zero-order valence-corrected chi connectivity index (χ0v) is 11.8. The zero-order valence-electron chi connectivity index (χ0n) is 11.8. The van der Waals surface area contributed by atoms with Crippen molar-refractivity contribution in [3.8, 4) is 11.4 Å². The first-order valence-corrected chi connectivity index (χ1v) is 6.87. The number of rotatable bonds is 2. The van der Waals surface area contributed by atoms with E-state index < -0.39 is 0 Å². The molecular weight excluding hydrogens is 236 g/mol. The minimum absolute atomic E-state index is 0.524. The van der Waals surface area contributed by atoms with Crippen LogP contribution in [0.4, 0.5) is 5.69 Å². The molecule has 0 radical (unpaired) electrons. The number of anilines is 1. The van der Waals surface area contributed by atoms with E-state index in [1.165, 1.54) is 18.5 Å². The number of nitrogens with zero attached hydrogens (tertiary/aromatic N) is 4. The second-order valence-corrected chi connectivity index (χ2v) is 5.50. The van der Waals surface area contributed by atoms with Gasteiger partial charge in [0, 0.05) is 37.8 Å². The van der Waals surface area contributed by atoms with Gasteiger partial charge < -0.3 is 4.90 Å². The summed E-state index contributed by atoms with van der Waals surface area (Å²) in [6.07, 6.45) is 2.42. The van der Waals surface area contributed by atoms with Crippen molar-refractivity contribution in [3.05, 3.63) is 30.1 Å². The first kappa shape index (κ1) is 12.2. The van der Waals surface area contributed by atoms with Gasteiger partial charge in [0.2, 0.25) is 0 Å². The molecule has 0 aliphatic carbocycles. The fraction of sp³-hybridized carbons (Fsp3) is 0.467. The lowest BCUT2D eigenvalue weighted by molar-refractivity contribution is 0.432. The average Bonchev–Trinajstić information content (AvgIpc) is 2.84. The van der Waals surface area contributed by atoms with Crippen LogP contribution in [0.2, 0.25) is 0 Å². The van der Waals surface area contributed by atoms with E-state index in [0.717, 1.165) is 23.8 Å². The summed E-state index contributed by atoms with van der Waals surface area (Å²) in [4.78, 5) is 6.81. The van der Waals surface area contributed by atoms with Gasteiger partial charge in [-0.15, -0.1) is 0 Å². The van der Waals surface area contributed by atoms with Gasteiger partial charge in [-0.3, -0.25) is 0 Å². The molecule has 1 aromatic carbocycles. The molecule has 0 amide bonds. The Kier molecular flexibility index (Phi) is 3.01. The summed E-state index contributed by atoms with van der Waals surface area (Å²) in [5.74, 6) is 2.52. The van der Waals surface area contributed by atoms with Gasteiger partial charge in [-0.05, 0) is 37.1 Å². The third-order valence-electron chi connectivity index (χ3n) is 3.79. The van der Waals surface area contributed by atoms with Crippen LogP contribution in [0.3, 0.4) is 0 Å². The smallest absolute Gasteiger partial charge is 0.181 e. The minimum Gasteiger partial charge on any atom is -0.378 e.